The lowest BCUT2D eigenvalue weighted by Gasteiger charge is -2.44. The van der Waals surface area contributed by atoms with Gasteiger partial charge in [-0.1, -0.05) is 12.1 Å². The molecule has 13 atom stereocenters. The summed E-state index contributed by atoms with van der Waals surface area (Å²) < 4.78 is 38.5. The first-order chi connectivity index (χ1) is 22.0. The predicted molar refractivity (Wildman–Crippen MR) is 146 cm³/mol. The fraction of sp³-hybridized carbons (Fsp3) is 0.586. The molecule has 1 aromatic carbocycles. The lowest BCUT2D eigenvalue weighted by Crippen LogP contribution is -2.61. The quantitative estimate of drug-likeness (QED) is 0.0983. The number of carbonyl (C=O) groups excluding carboxylic acids is 2. The van der Waals surface area contributed by atoms with E-state index < -0.39 is 122 Å². The molecule has 17 nitrogen and oxygen atoms in total. The third-order valence-corrected chi connectivity index (χ3v) is 8.32. The monoisotopic (exact) mass is 656 g/mol. The third-order valence-electron chi connectivity index (χ3n) is 8.32. The number of para-hydroxylation sites is 1. The number of benzene rings is 1. The summed E-state index contributed by atoms with van der Waals surface area (Å²) in [6.45, 7) is 2.47. The van der Waals surface area contributed by atoms with Crippen LogP contribution in [0.3, 0.4) is 0 Å². The Kier molecular flexibility index (Phi) is 10.5. The maximum atomic E-state index is 13.3. The lowest BCUT2D eigenvalue weighted by molar-refractivity contribution is -0.338. The zero-order valence-corrected chi connectivity index (χ0v) is 24.2. The molecule has 3 fully saturated rings. The van der Waals surface area contributed by atoms with Crippen molar-refractivity contribution in [3.05, 3.63) is 48.3 Å². The van der Waals surface area contributed by atoms with Crippen LogP contribution in [-0.4, -0.2) is 140 Å². The second-order valence-corrected chi connectivity index (χ2v) is 11.1. The van der Waals surface area contributed by atoms with E-state index in [0.29, 0.717) is 6.42 Å². The predicted octanol–water partition coefficient (Wildman–Crippen LogP) is -2.84. The zero-order valence-electron chi connectivity index (χ0n) is 24.2. The highest BCUT2D eigenvalue weighted by molar-refractivity contribution is 5.93. The molecule has 4 aliphatic rings. The Bertz CT molecular complexity index is 1300. The topological polar surface area (TPSA) is 261 Å². The molecule has 0 saturated carbocycles. The van der Waals surface area contributed by atoms with Crippen molar-refractivity contribution < 1.29 is 83.6 Å². The highest BCUT2D eigenvalue weighted by Crippen LogP contribution is 2.40. The minimum Gasteiger partial charge on any atom is -0.504 e. The van der Waals surface area contributed by atoms with Gasteiger partial charge < -0.3 is 74.0 Å². The molecule has 5 rings (SSSR count). The summed E-state index contributed by atoms with van der Waals surface area (Å²) in [6, 6.07) is 3.58. The van der Waals surface area contributed by atoms with E-state index in [1.807, 2.05) is 0 Å². The number of phenols is 1. The standard InChI is InChI=1S/C29H36O17/c1-2-11-12-6-7-40-25(38)14(12)10-41-27(11)46-29-24(22(36)20(34)17(9-31)44-29)45-26(39)13-4-3-5-15(18(13)32)42-28-23(37)21(35)19(33)16(8-30)43-28/h2-5,10-12,16-17,19-24,27-37H,1,6-9H2. The Labute approximate surface area is 261 Å². The highest BCUT2D eigenvalue weighted by Gasteiger charge is 2.51. The van der Waals surface area contributed by atoms with Gasteiger partial charge >= 0.3 is 11.9 Å². The molecule has 0 radical (unpaired) electrons. The number of aromatic hydroxyl groups is 1. The van der Waals surface area contributed by atoms with E-state index in [9.17, 15) is 50.4 Å². The van der Waals surface area contributed by atoms with Crippen LogP contribution >= 0.6 is 0 Å². The van der Waals surface area contributed by atoms with E-state index in [4.69, 9.17) is 33.2 Å². The molecule has 4 aliphatic heterocycles. The van der Waals surface area contributed by atoms with Crippen LogP contribution < -0.4 is 4.74 Å². The van der Waals surface area contributed by atoms with E-state index in [2.05, 4.69) is 6.58 Å². The Morgan fingerprint density at radius 2 is 1.61 bits per heavy atom. The number of fused-ring (bicyclic) bond motifs is 1. The van der Waals surface area contributed by atoms with Gasteiger partial charge in [-0.3, -0.25) is 0 Å². The van der Waals surface area contributed by atoms with Crippen LogP contribution in [0, 0.1) is 11.8 Å². The molecule has 8 N–H and O–H groups in total. The molecule has 0 aromatic heterocycles. The Hall–Kier alpha value is -3.36. The van der Waals surface area contributed by atoms with Crippen LogP contribution in [0.1, 0.15) is 16.8 Å². The Balaban J connectivity index is 1.35. The SMILES string of the molecule is C=CC1C(OC2OC(CO)C(O)C(O)C2OC(=O)c2cccc(OC3OC(CO)C(O)C(O)C3O)c2O)OC=C2C(=O)OCCC21. The van der Waals surface area contributed by atoms with Gasteiger partial charge in [0.25, 0.3) is 0 Å². The van der Waals surface area contributed by atoms with Crippen LogP contribution in [0.25, 0.3) is 0 Å². The number of carbonyl (C=O) groups is 2. The van der Waals surface area contributed by atoms with Crippen LogP contribution in [-0.2, 0) is 33.2 Å². The minimum absolute atomic E-state index is 0.151. The van der Waals surface area contributed by atoms with Crippen molar-refractivity contribution in [1.29, 1.82) is 0 Å². The minimum atomic E-state index is -1.86. The maximum Gasteiger partial charge on any atom is 0.342 e. The Morgan fingerprint density at radius 1 is 0.935 bits per heavy atom. The number of phenolic OH excluding ortho intramolecular Hbond substituents is 1. The second-order valence-electron chi connectivity index (χ2n) is 11.1. The normalized spacial score (nSPS) is 39.2. The summed E-state index contributed by atoms with van der Waals surface area (Å²) in [5.74, 6) is -4.07. The van der Waals surface area contributed by atoms with E-state index in [1.165, 1.54) is 24.5 Å². The lowest BCUT2D eigenvalue weighted by atomic mass is 9.81. The number of aliphatic hydroxyl groups excluding tert-OH is 7. The number of cyclic esters (lactones) is 1. The summed E-state index contributed by atoms with van der Waals surface area (Å²) in [6.07, 6.45) is -14.7. The number of esters is 2. The fourth-order valence-electron chi connectivity index (χ4n) is 5.71. The van der Waals surface area contributed by atoms with Gasteiger partial charge in [-0.15, -0.1) is 6.58 Å². The van der Waals surface area contributed by atoms with E-state index in [1.54, 1.807) is 0 Å². The van der Waals surface area contributed by atoms with Crippen molar-refractivity contribution in [1.82, 2.24) is 0 Å². The molecule has 4 heterocycles. The molecule has 0 spiro atoms. The van der Waals surface area contributed by atoms with Crippen LogP contribution in [0.4, 0.5) is 0 Å². The third kappa shape index (κ3) is 6.43. The second kappa shape index (κ2) is 14.2. The molecule has 13 unspecified atom stereocenters. The van der Waals surface area contributed by atoms with Crippen molar-refractivity contribution in [3.63, 3.8) is 0 Å². The van der Waals surface area contributed by atoms with Crippen LogP contribution in [0.2, 0.25) is 0 Å². The highest BCUT2D eigenvalue weighted by atomic mass is 16.8. The van der Waals surface area contributed by atoms with Crippen molar-refractivity contribution in [2.45, 2.75) is 74.1 Å². The van der Waals surface area contributed by atoms with Gasteiger partial charge in [0.15, 0.2) is 17.6 Å². The Morgan fingerprint density at radius 3 is 2.28 bits per heavy atom. The molecular weight excluding hydrogens is 620 g/mol. The molecule has 1 aromatic rings. The van der Waals surface area contributed by atoms with Crippen LogP contribution in [0.15, 0.2) is 42.7 Å². The smallest absolute Gasteiger partial charge is 0.342 e. The summed E-state index contributed by atoms with van der Waals surface area (Å²) in [4.78, 5) is 25.5. The number of aliphatic hydroxyl groups is 7. The van der Waals surface area contributed by atoms with Gasteiger partial charge in [-0.05, 0) is 18.6 Å². The number of rotatable bonds is 9. The number of hydrogen-bond donors (Lipinski definition) is 8. The van der Waals surface area contributed by atoms with E-state index in [-0.39, 0.29) is 12.2 Å². The van der Waals surface area contributed by atoms with Gasteiger partial charge in [-0.2, -0.15) is 0 Å². The molecule has 46 heavy (non-hydrogen) atoms. The van der Waals surface area contributed by atoms with Crippen molar-refractivity contribution >= 4 is 11.9 Å². The molecule has 0 aliphatic carbocycles. The summed E-state index contributed by atoms with van der Waals surface area (Å²) >= 11 is 0. The average molecular weight is 657 g/mol. The van der Waals surface area contributed by atoms with E-state index >= 15 is 0 Å². The first kappa shape index (κ1) is 34.0. The maximum absolute atomic E-state index is 13.3. The largest absolute Gasteiger partial charge is 0.504 e. The first-order valence-electron chi connectivity index (χ1n) is 14.4. The zero-order chi connectivity index (χ0) is 33.3. The van der Waals surface area contributed by atoms with Gasteiger partial charge in [0.05, 0.1) is 31.7 Å². The molecule has 0 bridgehead atoms. The summed E-state index contributed by atoms with van der Waals surface area (Å²) in [5.41, 5.74) is -0.244. The average Bonchev–Trinajstić information content (AvgIpc) is 3.05. The first-order valence-corrected chi connectivity index (χ1v) is 14.4. The van der Waals surface area contributed by atoms with Crippen molar-refractivity contribution in [3.8, 4) is 11.5 Å². The molecule has 0 amide bonds. The fourth-order valence-corrected chi connectivity index (χ4v) is 5.71. The van der Waals surface area contributed by atoms with Crippen molar-refractivity contribution in [2.24, 2.45) is 11.8 Å². The molecule has 17 heteroatoms. The van der Waals surface area contributed by atoms with E-state index in [0.717, 1.165) is 6.07 Å². The van der Waals surface area contributed by atoms with Gasteiger partial charge in [0.1, 0.15) is 48.3 Å². The van der Waals surface area contributed by atoms with Gasteiger partial charge in [0.2, 0.25) is 18.9 Å². The summed E-state index contributed by atoms with van der Waals surface area (Å²) in [5, 5.41) is 81.8. The molecular formula is C29H36O17. The van der Waals surface area contributed by atoms with Gasteiger partial charge in [0, 0.05) is 11.8 Å². The number of ether oxygens (including phenoxy) is 7. The van der Waals surface area contributed by atoms with Crippen LogP contribution in [0.5, 0.6) is 11.5 Å². The van der Waals surface area contributed by atoms with Crippen molar-refractivity contribution in [2.75, 3.05) is 19.8 Å². The number of hydrogen-bond acceptors (Lipinski definition) is 17. The molecule has 3 saturated heterocycles. The summed E-state index contributed by atoms with van der Waals surface area (Å²) in [7, 11) is 0. The molecule has 254 valence electrons. The van der Waals surface area contributed by atoms with Gasteiger partial charge in [-0.25, -0.2) is 9.59 Å².